The van der Waals surface area contributed by atoms with Gasteiger partial charge in [0, 0.05) is 12.8 Å². The first-order valence-corrected chi connectivity index (χ1v) is 5.00. The van der Waals surface area contributed by atoms with Crippen LogP contribution in [0.3, 0.4) is 0 Å². The third-order valence-electron chi connectivity index (χ3n) is 2.02. The van der Waals surface area contributed by atoms with Crippen molar-refractivity contribution >= 4 is 0 Å². The van der Waals surface area contributed by atoms with Crippen molar-refractivity contribution in [1.29, 1.82) is 0 Å². The Hall–Kier alpha value is -1.09. The highest BCUT2D eigenvalue weighted by atomic mass is 16.5. The fraction of sp³-hybridized carbons (Fsp3) is 0.545. The fourth-order valence-corrected chi connectivity index (χ4v) is 1.19. The number of hydrogen-bond acceptors (Lipinski definition) is 3. The van der Waals surface area contributed by atoms with Gasteiger partial charge in [-0.05, 0) is 38.3 Å². The van der Waals surface area contributed by atoms with E-state index in [1.807, 2.05) is 19.1 Å². The van der Waals surface area contributed by atoms with Gasteiger partial charge in [0.2, 0.25) is 0 Å². The number of aromatic nitrogens is 1. The van der Waals surface area contributed by atoms with Gasteiger partial charge in [0.25, 0.3) is 0 Å². The number of unbranched alkanes of at least 4 members (excludes halogenated alkanes) is 2. The molecule has 0 fully saturated rings. The lowest BCUT2D eigenvalue weighted by molar-refractivity contribution is 0.265. The summed E-state index contributed by atoms with van der Waals surface area (Å²) < 4.78 is 5.54. The van der Waals surface area contributed by atoms with E-state index in [2.05, 4.69) is 4.98 Å². The number of hydrogen-bond donors (Lipinski definition) is 1. The predicted molar refractivity (Wildman–Crippen MR) is 55.4 cm³/mol. The number of aryl methyl sites for hydroxylation is 1. The molecule has 0 amide bonds. The average molecular weight is 195 g/mol. The normalized spacial score (nSPS) is 10.1. The van der Waals surface area contributed by atoms with Crippen molar-refractivity contribution in [2.75, 3.05) is 13.2 Å². The van der Waals surface area contributed by atoms with Crippen molar-refractivity contribution in [3.05, 3.63) is 24.0 Å². The van der Waals surface area contributed by atoms with Crippen LogP contribution >= 0.6 is 0 Å². The minimum absolute atomic E-state index is 0.270. The topological polar surface area (TPSA) is 42.4 Å². The van der Waals surface area contributed by atoms with Crippen molar-refractivity contribution in [3.63, 3.8) is 0 Å². The first-order chi connectivity index (χ1) is 6.84. The molecule has 0 saturated heterocycles. The lowest BCUT2D eigenvalue weighted by atomic mass is 10.2. The molecule has 0 bridgehead atoms. The zero-order valence-electron chi connectivity index (χ0n) is 8.57. The summed E-state index contributed by atoms with van der Waals surface area (Å²) in [6.07, 6.45) is 4.61. The number of aliphatic hydroxyl groups is 1. The van der Waals surface area contributed by atoms with E-state index >= 15 is 0 Å². The first kappa shape index (κ1) is 11.0. The maximum Gasteiger partial charge on any atom is 0.140 e. The molecule has 0 aromatic carbocycles. The van der Waals surface area contributed by atoms with Gasteiger partial charge in [-0.25, -0.2) is 0 Å². The van der Waals surface area contributed by atoms with E-state index in [1.54, 1.807) is 6.20 Å². The summed E-state index contributed by atoms with van der Waals surface area (Å²) in [6, 6.07) is 3.80. The summed E-state index contributed by atoms with van der Waals surface area (Å²) in [5.41, 5.74) is 0.926. The van der Waals surface area contributed by atoms with Crippen LogP contribution in [-0.4, -0.2) is 23.3 Å². The van der Waals surface area contributed by atoms with Crippen LogP contribution in [0.2, 0.25) is 0 Å². The Morgan fingerprint density at radius 2 is 2.21 bits per heavy atom. The number of aliphatic hydroxyl groups excluding tert-OH is 1. The smallest absolute Gasteiger partial charge is 0.140 e. The minimum Gasteiger partial charge on any atom is -0.492 e. The lowest BCUT2D eigenvalue weighted by Crippen LogP contribution is -2.00. The van der Waals surface area contributed by atoms with Crippen LogP contribution < -0.4 is 4.74 Å². The molecule has 0 aliphatic heterocycles. The van der Waals surface area contributed by atoms with E-state index in [0.717, 1.165) is 30.7 Å². The van der Waals surface area contributed by atoms with Crippen LogP contribution in [-0.2, 0) is 0 Å². The Morgan fingerprint density at radius 3 is 2.93 bits per heavy atom. The molecule has 0 unspecified atom stereocenters. The minimum atomic E-state index is 0.270. The summed E-state index contributed by atoms with van der Waals surface area (Å²) >= 11 is 0. The van der Waals surface area contributed by atoms with Gasteiger partial charge in [-0.15, -0.1) is 0 Å². The molecule has 1 rings (SSSR count). The molecule has 3 heteroatoms. The number of pyridine rings is 1. The van der Waals surface area contributed by atoms with E-state index in [4.69, 9.17) is 9.84 Å². The molecular formula is C11H17NO2. The second kappa shape index (κ2) is 6.38. The van der Waals surface area contributed by atoms with Crippen molar-refractivity contribution in [2.24, 2.45) is 0 Å². The molecular weight excluding hydrogens is 178 g/mol. The quantitative estimate of drug-likeness (QED) is 0.705. The van der Waals surface area contributed by atoms with E-state index < -0.39 is 0 Å². The van der Waals surface area contributed by atoms with Crippen LogP contribution in [0.4, 0.5) is 0 Å². The summed E-state index contributed by atoms with van der Waals surface area (Å²) in [6.45, 7) is 2.90. The second-order valence-corrected chi connectivity index (χ2v) is 3.22. The molecule has 0 saturated carbocycles. The molecule has 0 atom stereocenters. The van der Waals surface area contributed by atoms with Gasteiger partial charge in [-0.1, -0.05) is 0 Å². The Kier molecular flexibility index (Phi) is 5.00. The Balaban J connectivity index is 2.21. The van der Waals surface area contributed by atoms with Gasteiger partial charge < -0.3 is 9.84 Å². The molecule has 0 radical (unpaired) electrons. The number of rotatable bonds is 6. The molecule has 14 heavy (non-hydrogen) atoms. The van der Waals surface area contributed by atoms with Gasteiger partial charge in [0.1, 0.15) is 5.75 Å². The largest absolute Gasteiger partial charge is 0.492 e. The van der Waals surface area contributed by atoms with Gasteiger partial charge in [-0.2, -0.15) is 0 Å². The Morgan fingerprint density at radius 1 is 1.36 bits per heavy atom. The summed E-state index contributed by atoms with van der Waals surface area (Å²) in [4.78, 5) is 4.13. The molecule has 0 spiro atoms. The summed E-state index contributed by atoms with van der Waals surface area (Å²) in [5, 5.41) is 8.58. The standard InChI is InChI=1S/C11H17NO2/c1-10-11(6-5-7-12-10)14-9-4-2-3-8-13/h5-7,13H,2-4,8-9H2,1H3. The summed E-state index contributed by atoms with van der Waals surface area (Å²) in [5.74, 6) is 0.858. The van der Waals surface area contributed by atoms with E-state index in [1.165, 1.54) is 0 Å². The highest BCUT2D eigenvalue weighted by molar-refractivity contribution is 5.25. The Bertz CT molecular complexity index is 263. The average Bonchev–Trinajstić information content (AvgIpc) is 2.20. The maximum atomic E-state index is 8.58. The fourth-order valence-electron chi connectivity index (χ4n) is 1.19. The van der Waals surface area contributed by atoms with Crippen LogP contribution in [0, 0.1) is 6.92 Å². The number of ether oxygens (including phenoxy) is 1. The lowest BCUT2D eigenvalue weighted by Gasteiger charge is -2.07. The molecule has 3 nitrogen and oxygen atoms in total. The van der Waals surface area contributed by atoms with Gasteiger partial charge in [0.15, 0.2) is 0 Å². The van der Waals surface area contributed by atoms with Crippen LogP contribution in [0.5, 0.6) is 5.75 Å². The first-order valence-electron chi connectivity index (χ1n) is 5.00. The molecule has 1 aromatic rings. The molecule has 1 aromatic heterocycles. The third-order valence-corrected chi connectivity index (χ3v) is 2.02. The highest BCUT2D eigenvalue weighted by Crippen LogP contribution is 2.13. The predicted octanol–water partition coefficient (Wildman–Crippen LogP) is 1.93. The molecule has 1 N–H and O–H groups in total. The SMILES string of the molecule is Cc1ncccc1OCCCCCO. The van der Waals surface area contributed by atoms with Crippen molar-refractivity contribution in [2.45, 2.75) is 26.2 Å². The molecule has 1 heterocycles. The van der Waals surface area contributed by atoms with Crippen LogP contribution in [0.15, 0.2) is 18.3 Å². The third kappa shape index (κ3) is 3.75. The maximum absolute atomic E-state index is 8.58. The molecule has 78 valence electrons. The highest BCUT2D eigenvalue weighted by Gasteiger charge is 1.97. The van der Waals surface area contributed by atoms with Crippen molar-refractivity contribution < 1.29 is 9.84 Å². The molecule has 0 aliphatic rings. The monoisotopic (exact) mass is 195 g/mol. The van der Waals surface area contributed by atoms with Gasteiger partial charge in [-0.3, -0.25) is 4.98 Å². The van der Waals surface area contributed by atoms with E-state index in [9.17, 15) is 0 Å². The zero-order valence-corrected chi connectivity index (χ0v) is 8.57. The second-order valence-electron chi connectivity index (χ2n) is 3.22. The van der Waals surface area contributed by atoms with E-state index in [0.29, 0.717) is 6.61 Å². The number of nitrogens with zero attached hydrogens (tertiary/aromatic N) is 1. The Labute approximate surface area is 84.7 Å². The van der Waals surface area contributed by atoms with E-state index in [-0.39, 0.29) is 6.61 Å². The molecule has 0 aliphatic carbocycles. The van der Waals surface area contributed by atoms with Crippen molar-refractivity contribution in [1.82, 2.24) is 4.98 Å². The summed E-state index contributed by atoms with van der Waals surface area (Å²) in [7, 11) is 0. The van der Waals surface area contributed by atoms with Crippen LogP contribution in [0.25, 0.3) is 0 Å². The van der Waals surface area contributed by atoms with Gasteiger partial charge >= 0.3 is 0 Å². The van der Waals surface area contributed by atoms with Crippen LogP contribution in [0.1, 0.15) is 25.0 Å². The van der Waals surface area contributed by atoms with Crippen molar-refractivity contribution in [3.8, 4) is 5.75 Å². The van der Waals surface area contributed by atoms with Gasteiger partial charge in [0.05, 0.1) is 12.3 Å². The zero-order chi connectivity index (χ0) is 10.2.